The first-order valence-corrected chi connectivity index (χ1v) is 12.7. The lowest BCUT2D eigenvalue weighted by Gasteiger charge is -2.32. The van der Waals surface area contributed by atoms with E-state index in [-0.39, 0.29) is 13.6 Å². The Hall–Kier alpha value is -4.06. The second kappa shape index (κ2) is 11.1. The zero-order valence-corrected chi connectivity index (χ0v) is 22.6. The highest BCUT2D eigenvalue weighted by Gasteiger charge is 2.26. The predicted octanol–water partition coefficient (Wildman–Crippen LogP) is 8.35. The van der Waals surface area contributed by atoms with Crippen LogP contribution in [-0.2, 0) is 9.47 Å². The van der Waals surface area contributed by atoms with Gasteiger partial charge in [-0.15, -0.1) is 0 Å². The molecule has 0 fully saturated rings. The number of rotatable bonds is 9. The van der Waals surface area contributed by atoms with Crippen LogP contribution >= 0.6 is 0 Å². The van der Waals surface area contributed by atoms with Gasteiger partial charge in [-0.1, -0.05) is 78.4 Å². The Morgan fingerprint density at radius 3 is 1.47 bits per heavy atom. The molecular weight excluding hydrogens is 474 g/mol. The molecule has 0 aromatic heterocycles. The smallest absolute Gasteiger partial charge is 0.188 e. The van der Waals surface area contributed by atoms with Crippen molar-refractivity contribution in [3.63, 3.8) is 0 Å². The summed E-state index contributed by atoms with van der Waals surface area (Å²) in [6.45, 7) is 6.68. The molecule has 5 nitrogen and oxygen atoms in total. The van der Waals surface area contributed by atoms with Crippen LogP contribution in [0, 0.1) is 20.8 Å². The van der Waals surface area contributed by atoms with E-state index in [1.54, 1.807) is 14.2 Å². The van der Waals surface area contributed by atoms with Crippen LogP contribution in [0.25, 0.3) is 21.5 Å². The monoisotopic (exact) mass is 507 g/mol. The first-order chi connectivity index (χ1) is 18.5. The first-order valence-electron chi connectivity index (χ1n) is 12.7. The van der Waals surface area contributed by atoms with Crippen molar-refractivity contribution in [1.29, 1.82) is 0 Å². The molecule has 0 spiro atoms. The summed E-state index contributed by atoms with van der Waals surface area (Å²) in [4.78, 5) is 2.25. The largest absolute Gasteiger partial charge is 0.465 e. The molecule has 0 bridgehead atoms. The van der Waals surface area contributed by atoms with Crippen molar-refractivity contribution < 1.29 is 18.9 Å². The number of hydrogen-bond donors (Lipinski definition) is 0. The van der Waals surface area contributed by atoms with Crippen LogP contribution < -0.4 is 14.4 Å². The maximum Gasteiger partial charge on any atom is 0.188 e. The molecule has 5 heteroatoms. The highest BCUT2D eigenvalue weighted by atomic mass is 16.7. The molecule has 0 amide bonds. The third kappa shape index (κ3) is 4.78. The first kappa shape index (κ1) is 25.6. The highest BCUT2D eigenvalue weighted by Crippen LogP contribution is 2.50. The minimum atomic E-state index is 0.130. The molecule has 0 saturated carbocycles. The maximum absolute atomic E-state index is 6.31. The van der Waals surface area contributed by atoms with E-state index in [4.69, 9.17) is 18.9 Å². The molecule has 0 atom stereocenters. The van der Waals surface area contributed by atoms with Crippen molar-refractivity contribution in [2.24, 2.45) is 0 Å². The van der Waals surface area contributed by atoms with Crippen molar-refractivity contribution in [2.75, 3.05) is 32.7 Å². The van der Waals surface area contributed by atoms with Crippen LogP contribution in [0.4, 0.5) is 17.1 Å². The van der Waals surface area contributed by atoms with Gasteiger partial charge in [-0.05, 0) is 54.8 Å². The number of ether oxygens (including phenoxy) is 4. The summed E-state index contributed by atoms with van der Waals surface area (Å²) in [6, 6.07) is 29.4. The third-order valence-corrected chi connectivity index (χ3v) is 6.70. The van der Waals surface area contributed by atoms with Crippen LogP contribution in [0.3, 0.4) is 0 Å². The standard InChI is InChI=1S/C33H33NO4/c1-22-18-23(2)31(24(3)19-22)34(29-16-14-25-10-6-8-12-27(25)32(29)37-20-35-4)30-17-15-26-11-7-9-13-28(26)33(30)38-21-36-5/h6-19H,20-21H2,1-5H3. The summed E-state index contributed by atoms with van der Waals surface area (Å²) in [7, 11) is 3.27. The minimum Gasteiger partial charge on any atom is -0.465 e. The molecular formula is C33H33NO4. The number of fused-ring (bicyclic) bond motifs is 2. The average Bonchev–Trinajstić information content (AvgIpc) is 2.92. The number of benzene rings is 5. The lowest BCUT2D eigenvalue weighted by Crippen LogP contribution is -2.17. The Balaban J connectivity index is 1.88. The molecule has 0 aliphatic heterocycles. The van der Waals surface area contributed by atoms with E-state index >= 15 is 0 Å². The fraction of sp³-hybridized carbons (Fsp3) is 0.212. The van der Waals surface area contributed by atoms with Gasteiger partial charge in [0.05, 0.1) is 17.1 Å². The quantitative estimate of drug-likeness (QED) is 0.188. The Morgan fingerprint density at radius 1 is 0.579 bits per heavy atom. The van der Waals surface area contributed by atoms with Gasteiger partial charge in [0.2, 0.25) is 0 Å². The Bertz CT molecular complexity index is 1480. The Labute approximate surface area is 224 Å². The number of hydrogen-bond acceptors (Lipinski definition) is 5. The highest BCUT2D eigenvalue weighted by molar-refractivity contribution is 6.01. The van der Waals surface area contributed by atoms with Gasteiger partial charge in [0.1, 0.15) is 0 Å². The van der Waals surface area contributed by atoms with E-state index in [1.807, 2.05) is 24.3 Å². The van der Waals surface area contributed by atoms with E-state index in [0.29, 0.717) is 0 Å². The van der Waals surface area contributed by atoms with Crippen LogP contribution in [0.15, 0.2) is 84.9 Å². The van der Waals surface area contributed by atoms with E-state index in [2.05, 4.69) is 86.3 Å². The van der Waals surface area contributed by atoms with Crippen LogP contribution in [0.2, 0.25) is 0 Å². The number of anilines is 3. The molecule has 0 aliphatic carbocycles. The molecule has 5 aromatic carbocycles. The van der Waals surface area contributed by atoms with Crippen molar-refractivity contribution >= 4 is 38.6 Å². The van der Waals surface area contributed by atoms with Gasteiger partial charge in [-0.25, -0.2) is 0 Å². The van der Waals surface area contributed by atoms with Gasteiger partial charge in [0, 0.05) is 25.0 Å². The number of aryl methyl sites for hydroxylation is 3. The molecule has 0 heterocycles. The predicted molar refractivity (Wildman–Crippen MR) is 155 cm³/mol. The second-order valence-corrected chi connectivity index (χ2v) is 9.45. The summed E-state index contributed by atoms with van der Waals surface area (Å²) in [5.74, 6) is 1.49. The SMILES string of the molecule is COCOc1c(N(c2ccc3ccccc3c2OCOC)c2c(C)cc(C)cc2C)ccc2ccccc12. The molecule has 0 N–H and O–H groups in total. The maximum atomic E-state index is 6.31. The summed E-state index contributed by atoms with van der Waals surface area (Å²) < 4.78 is 23.3. The van der Waals surface area contributed by atoms with Crippen LogP contribution in [0.5, 0.6) is 11.5 Å². The Morgan fingerprint density at radius 2 is 1.03 bits per heavy atom. The molecule has 0 radical (unpaired) electrons. The summed E-state index contributed by atoms with van der Waals surface area (Å²) in [5, 5.41) is 4.20. The van der Waals surface area contributed by atoms with E-state index in [9.17, 15) is 0 Å². The summed E-state index contributed by atoms with van der Waals surface area (Å²) in [5.41, 5.74) is 6.39. The fourth-order valence-corrected chi connectivity index (χ4v) is 5.25. The van der Waals surface area contributed by atoms with Gasteiger partial charge in [0.15, 0.2) is 25.1 Å². The van der Waals surface area contributed by atoms with Crippen molar-refractivity contribution in [1.82, 2.24) is 0 Å². The van der Waals surface area contributed by atoms with Crippen LogP contribution in [0.1, 0.15) is 16.7 Å². The molecule has 38 heavy (non-hydrogen) atoms. The third-order valence-electron chi connectivity index (χ3n) is 6.70. The molecule has 5 aromatic rings. The van der Waals surface area contributed by atoms with Crippen molar-refractivity contribution in [3.8, 4) is 11.5 Å². The molecule has 0 saturated heterocycles. The van der Waals surface area contributed by atoms with Crippen molar-refractivity contribution in [2.45, 2.75) is 20.8 Å². The summed E-state index contributed by atoms with van der Waals surface area (Å²) >= 11 is 0. The lowest BCUT2D eigenvalue weighted by molar-refractivity contribution is 0.0522. The molecule has 194 valence electrons. The van der Waals surface area contributed by atoms with Crippen molar-refractivity contribution in [3.05, 3.63) is 102 Å². The molecule has 5 rings (SSSR count). The van der Waals surface area contributed by atoms with Gasteiger partial charge < -0.3 is 23.8 Å². The molecule has 0 unspecified atom stereocenters. The Kier molecular flexibility index (Phi) is 7.50. The van der Waals surface area contributed by atoms with Gasteiger partial charge in [0.25, 0.3) is 0 Å². The zero-order chi connectivity index (χ0) is 26.6. The van der Waals surface area contributed by atoms with E-state index < -0.39 is 0 Å². The van der Waals surface area contributed by atoms with Gasteiger partial charge >= 0.3 is 0 Å². The number of methoxy groups -OCH3 is 2. The van der Waals surface area contributed by atoms with Crippen LogP contribution in [-0.4, -0.2) is 27.8 Å². The van der Waals surface area contributed by atoms with Gasteiger partial charge in [-0.2, -0.15) is 0 Å². The van der Waals surface area contributed by atoms with E-state index in [1.165, 1.54) is 5.56 Å². The minimum absolute atomic E-state index is 0.130. The normalized spacial score (nSPS) is 11.2. The number of nitrogens with zero attached hydrogens (tertiary/aromatic N) is 1. The second-order valence-electron chi connectivity index (χ2n) is 9.45. The topological polar surface area (TPSA) is 40.2 Å². The van der Waals surface area contributed by atoms with Gasteiger partial charge in [-0.3, -0.25) is 0 Å². The molecule has 0 aliphatic rings. The zero-order valence-electron chi connectivity index (χ0n) is 22.6. The fourth-order valence-electron chi connectivity index (χ4n) is 5.25. The lowest BCUT2D eigenvalue weighted by atomic mass is 10.00. The average molecular weight is 508 g/mol. The summed E-state index contributed by atoms with van der Waals surface area (Å²) in [6.07, 6.45) is 0. The van der Waals surface area contributed by atoms with E-state index in [0.717, 1.165) is 61.2 Å².